The summed E-state index contributed by atoms with van der Waals surface area (Å²) in [5, 5.41) is 15.6. The molecule has 9 heteroatoms. The van der Waals surface area contributed by atoms with E-state index in [2.05, 4.69) is 169 Å². The second-order valence-corrected chi connectivity index (χ2v) is 15.6. The quantitative estimate of drug-likeness (QED) is 0.0763. The van der Waals surface area contributed by atoms with Gasteiger partial charge in [0.2, 0.25) is 0 Å². The number of aromatic nitrogens is 2. The zero-order chi connectivity index (χ0) is 38.7. The maximum absolute atomic E-state index is 10.7. The van der Waals surface area contributed by atoms with E-state index in [1.807, 2.05) is 0 Å². The Morgan fingerprint density at radius 3 is 1.12 bits per heavy atom. The van der Waals surface area contributed by atoms with Crippen LogP contribution in [0.5, 0.6) is 0 Å². The zero-order valence-corrected chi connectivity index (χ0v) is 30.8. The first kappa shape index (κ1) is 34.1. The standard InChI is InChI=1S/C46H30N2.CHF3O3S/c1-47-35-25-21-31-17-9-15-29-19-23-33(41(35)37(29)31)43-40(28-13-7-4-8-14-28)46-44(39(45(43)47)27-11-5-3-6-12-27)34-24-20-30-16-10-18-32-22-26-36(48(46)2)42(34)38(30)32;2-1(3,4)8(5,6)7/h3-26H,1-2H3;(H,5,6,7)/p-1. The van der Waals surface area contributed by atoms with Gasteiger partial charge in [0, 0.05) is 57.8 Å². The lowest BCUT2D eigenvalue weighted by molar-refractivity contribution is -0.0517. The molecule has 0 radical (unpaired) electrons. The summed E-state index contributed by atoms with van der Waals surface area (Å²) in [5.41, 5.74) is 4.38. The van der Waals surface area contributed by atoms with E-state index in [0.717, 1.165) is 0 Å². The lowest BCUT2D eigenvalue weighted by Gasteiger charge is -2.27. The van der Waals surface area contributed by atoms with E-state index in [0.29, 0.717) is 0 Å². The molecule has 0 bridgehead atoms. The van der Waals surface area contributed by atoms with Crippen LogP contribution in [0.1, 0.15) is 0 Å². The second-order valence-electron chi connectivity index (χ2n) is 14.3. The van der Waals surface area contributed by atoms with Crippen molar-refractivity contribution in [1.29, 1.82) is 0 Å². The molecule has 5 nitrogen and oxygen atoms in total. The van der Waals surface area contributed by atoms with Crippen LogP contribution in [0.3, 0.4) is 0 Å². The summed E-state index contributed by atoms with van der Waals surface area (Å²) in [6.07, 6.45) is 0. The van der Waals surface area contributed by atoms with Crippen LogP contribution in [0.4, 0.5) is 13.2 Å². The van der Waals surface area contributed by atoms with Gasteiger partial charge >= 0.3 is 5.51 Å². The van der Waals surface area contributed by atoms with Crippen molar-refractivity contribution in [3.8, 4) is 22.3 Å². The van der Waals surface area contributed by atoms with Gasteiger partial charge in [0.15, 0.2) is 10.1 Å². The molecule has 0 fully saturated rings. The maximum Gasteiger partial charge on any atom is 0.485 e. The van der Waals surface area contributed by atoms with Crippen LogP contribution in [0.25, 0.3) is 109 Å². The summed E-state index contributed by atoms with van der Waals surface area (Å²) in [6, 6.07) is 54.1. The first-order valence-electron chi connectivity index (χ1n) is 18.0. The molecule has 0 aliphatic heterocycles. The van der Waals surface area contributed by atoms with E-state index in [1.54, 1.807) is 0 Å². The lowest BCUT2D eigenvalue weighted by Crippen LogP contribution is -2.21. The third-order valence-electron chi connectivity index (χ3n) is 11.3. The Morgan fingerprint density at radius 2 is 0.786 bits per heavy atom. The molecule has 2 heterocycles. The molecule has 0 spiro atoms. The zero-order valence-electron chi connectivity index (χ0n) is 30.0. The monoisotopic (exact) mass is 759 g/mol. The van der Waals surface area contributed by atoms with E-state index < -0.39 is 15.6 Å². The minimum Gasteiger partial charge on any atom is -0.741 e. The van der Waals surface area contributed by atoms with E-state index in [4.69, 9.17) is 13.0 Å². The number of hydrogen-bond acceptors (Lipinski definition) is 3. The average molecular weight is 760 g/mol. The maximum atomic E-state index is 10.7. The van der Waals surface area contributed by atoms with Gasteiger partial charge in [-0.1, -0.05) is 133 Å². The van der Waals surface area contributed by atoms with Gasteiger partial charge in [0.1, 0.15) is 0 Å². The molecule has 11 rings (SSSR count). The van der Waals surface area contributed by atoms with Crippen LogP contribution in [-0.4, -0.2) is 27.6 Å². The first-order valence-corrected chi connectivity index (χ1v) is 19.4. The highest BCUT2D eigenvalue weighted by molar-refractivity contribution is 7.86. The molecule has 56 heavy (non-hydrogen) atoms. The highest BCUT2D eigenvalue weighted by atomic mass is 32.2. The number of nitrogens with zero attached hydrogens (tertiary/aromatic N) is 2. The van der Waals surface area contributed by atoms with E-state index in [1.165, 1.54) is 109 Å². The van der Waals surface area contributed by atoms with Gasteiger partial charge in [-0.2, -0.15) is 13.2 Å². The van der Waals surface area contributed by atoms with Crippen molar-refractivity contribution in [2.45, 2.75) is 5.51 Å². The van der Waals surface area contributed by atoms with Crippen molar-refractivity contribution in [1.82, 2.24) is 9.13 Å². The molecule has 0 N–H and O–H groups in total. The fourth-order valence-electron chi connectivity index (χ4n) is 9.04. The summed E-state index contributed by atoms with van der Waals surface area (Å²) in [7, 11) is -1.54. The number of halogens is 3. The largest absolute Gasteiger partial charge is 0.741 e. The molecular weight excluding hydrogens is 730 g/mol. The third-order valence-corrected chi connectivity index (χ3v) is 11.9. The van der Waals surface area contributed by atoms with Gasteiger partial charge in [-0.05, 0) is 66.3 Å². The summed E-state index contributed by atoms with van der Waals surface area (Å²) in [5.74, 6) is 0. The van der Waals surface area contributed by atoms with Crippen molar-refractivity contribution in [3.05, 3.63) is 146 Å². The predicted molar refractivity (Wildman–Crippen MR) is 222 cm³/mol. The number of alkyl halides is 3. The molecule has 0 atom stereocenters. The molecule has 0 aliphatic rings. The van der Waals surface area contributed by atoms with Crippen molar-refractivity contribution in [2.24, 2.45) is 14.1 Å². The van der Waals surface area contributed by atoms with Gasteiger partial charge in [-0.15, -0.1) is 0 Å². The third kappa shape index (κ3) is 4.80. The van der Waals surface area contributed by atoms with Crippen LogP contribution in [-0.2, 0) is 24.2 Å². The number of aryl methyl sites for hydroxylation is 2. The lowest BCUT2D eigenvalue weighted by atomic mass is 9.83. The minimum absolute atomic E-state index is 1.23. The first-order chi connectivity index (χ1) is 26.9. The summed E-state index contributed by atoms with van der Waals surface area (Å²) in [4.78, 5) is 0. The van der Waals surface area contributed by atoms with E-state index >= 15 is 0 Å². The van der Waals surface area contributed by atoms with Crippen LogP contribution in [0, 0.1) is 0 Å². The smallest absolute Gasteiger partial charge is 0.485 e. The fourth-order valence-corrected chi connectivity index (χ4v) is 9.04. The van der Waals surface area contributed by atoms with Crippen molar-refractivity contribution < 1.29 is 26.1 Å². The minimum atomic E-state index is -6.09. The van der Waals surface area contributed by atoms with Crippen molar-refractivity contribution in [2.75, 3.05) is 0 Å². The van der Waals surface area contributed by atoms with Gasteiger partial charge in [0.05, 0.1) is 11.0 Å². The Hall–Kier alpha value is -6.42. The fraction of sp³-hybridized carbons (Fsp3) is 0.0638. The van der Waals surface area contributed by atoms with Crippen LogP contribution < -0.4 is 0 Å². The molecule has 0 unspecified atom stereocenters. The summed E-state index contributed by atoms with van der Waals surface area (Å²) >= 11 is 0. The Labute approximate surface area is 318 Å². The van der Waals surface area contributed by atoms with Crippen molar-refractivity contribution >= 4 is 96.8 Å². The molecule has 9 aromatic carbocycles. The highest BCUT2D eigenvalue weighted by Gasteiger charge is 2.37. The molecule has 2 aromatic heterocycles. The summed E-state index contributed by atoms with van der Waals surface area (Å²) < 4.78 is 63.9. The molecule has 0 amide bonds. The van der Waals surface area contributed by atoms with Gasteiger partial charge < -0.3 is 13.7 Å². The topological polar surface area (TPSA) is 67.1 Å². The molecule has 0 saturated heterocycles. The van der Waals surface area contributed by atoms with Crippen LogP contribution in [0.15, 0.2) is 146 Å². The van der Waals surface area contributed by atoms with Gasteiger partial charge in [0.25, 0.3) is 0 Å². The molecule has 274 valence electrons. The van der Waals surface area contributed by atoms with E-state index in [-0.39, 0.29) is 0 Å². The second kappa shape index (κ2) is 12.0. The molecular formula is C47H30F3N2O3S-. The van der Waals surface area contributed by atoms with Gasteiger partial charge in [-0.25, -0.2) is 8.42 Å². The average Bonchev–Trinajstić information content (AvgIpc) is 3.20. The molecule has 0 aliphatic carbocycles. The Kier molecular flexibility index (Phi) is 7.33. The highest BCUT2D eigenvalue weighted by Crippen LogP contribution is 2.51. The number of rotatable bonds is 2. The Bertz CT molecular complexity index is 3250. The van der Waals surface area contributed by atoms with E-state index in [9.17, 15) is 13.2 Å². The predicted octanol–water partition coefficient (Wildman–Crippen LogP) is 12.4. The number of hydrogen-bond donors (Lipinski definition) is 0. The summed E-state index contributed by atoms with van der Waals surface area (Å²) in [6.45, 7) is 0. The van der Waals surface area contributed by atoms with Crippen LogP contribution >= 0.6 is 0 Å². The SMILES string of the molecule is Cn1c2ccc3cccc4ccc(c5c(-c6ccccc6)c6c(c(-c7ccccc7)c51)c1ccc5cccc7ccc(c1c57)n6C)c2c43.O=S(=O)([O-])C(F)(F)F. The van der Waals surface area contributed by atoms with Crippen molar-refractivity contribution in [3.63, 3.8) is 0 Å². The molecule has 0 saturated carbocycles. The molecule has 11 aromatic rings. The number of benzene rings is 9. The normalized spacial score (nSPS) is 12.6. The number of fused-ring (bicyclic) bond motifs is 4. The van der Waals surface area contributed by atoms with Gasteiger partial charge in [-0.3, -0.25) is 0 Å². The Balaban J connectivity index is 0.000000437. The number of pyridine rings is 2. The van der Waals surface area contributed by atoms with Crippen LogP contribution in [0.2, 0.25) is 0 Å². The Morgan fingerprint density at radius 1 is 0.446 bits per heavy atom.